The lowest BCUT2D eigenvalue weighted by atomic mass is 9.79. The van der Waals surface area contributed by atoms with Gasteiger partial charge in [-0.2, -0.15) is 0 Å². The lowest BCUT2D eigenvalue weighted by molar-refractivity contribution is 0.195. The fraction of sp³-hybridized carbons (Fsp3) is 0.667. The first kappa shape index (κ1) is 15.4. The van der Waals surface area contributed by atoms with E-state index in [0.717, 1.165) is 6.54 Å². The van der Waals surface area contributed by atoms with Gasteiger partial charge < -0.3 is 10.2 Å². The highest BCUT2D eigenvalue weighted by atomic mass is 79.9. The number of benzene rings is 1. The average molecular weight is 351 g/mol. The molecule has 3 rings (SSSR count). The maximum absolute atomic E-state index is 3.92. The summed E-state index contributed by atoms with van der Waals surface area (Å²) in [5.74, 6) is 0. The SMILES string of the molecule is CCC1CNC2(CCCCC2)CN1c1cc(Br)ccc1C. The molecule has 1 saturated carbocycles. The number of aryl methyl sites for hydroxylation is 1. The third kappa shape index (κ3) is 3.14. The van der Waals surface area contributed by atoms with Gasteiger partial charge in [0.25, 0.3) is 0 Å². The fourth-order valence-electron chi connectivity index (χ4n) is 4.06. The third-order valence-electron chi connectivity index (χ3n) is 5.39. The van der Waals surface area contributed by atoms with Gasteiger partial charge in [-0.1, -0.05) is 48.2 Å². The Morgan fingerprint density at radius 3 is 2.76 bits per heavy atom. The van der Waals surface area contributed by atoms with Crippen molar-refractivity contribution in [2.24, 2.45) is 0 Å². The predicted molar refractivity (Wildman–Crippen MR) is 94.1 cm³/mol. The molecule has 1 aromatic rings. The van der Waals surface area contributed by atoms with Crippen molar-refractivity contribution in [2.75, 3.05) is 18.0 Å². The highest BCUT2D eigenvalue weighted by Gasteiger charge is 2.39. The van der Waals surface area contributed by atoms with Gasteiger partial charge in [0.05, 0.1) is 0 Å². The van der Waals surface area contributed by atoms with Crippen LogP contribution in [0.4, 0.5) is 5.69 Å². The van der Waals surface area contributed by atoms with Crippen LogP contribution in [0.2, 0.25) is 0 Å². The Hall–Kier alpha value is -0.540. The minimum absolute atomic E-state index is 0.360. The van der Waals surface area contributed by atoms with E-state index in [2.05, 4.69) is 58.2 Å². The Morgan fingerprint density at radius 1 is 1.29 bits per heavy atom. The van der Waals surface area contributed by atoms with Crippen LogP contribution in [0.15, 0.2) is 22.7 Å². The predicted octanol–water partition coefficient (Wildman–Crippen LogP) is 4.65. The van der Waals surface area contributed by atoms with E-state index in [0.29, 0.717) is 11.6 Å². The van der Waals surface area contributed by atoms with Crippen LogP contribution < -0.4 is 10.2 Å². The van der Waals surface area contributed by atoms with Crippen LogP contribution >= 0.6 is 15.9 Å². The van der Waals surface area contributed by atoms with E-state index >= 15 is 0 Å². The molecule has 1 atom stereocenters. The molecule has 1 aromatic carbocycles. The molecule has 21 heavy (non-hydrogen) atoms. The van der Waals surface area contributed by atoms with E-state index in [9.17, 15) is 0 Å². The fourth-order valence-corrected chi connectivity index (χ4v) is 4.41. The standard InChI is InChI=1S/C18H27BrN2/c1-3-16-12-20-18(9-5-4-6-10-18)13-21(16)17-11-15(19)8-7-14(17)2/h7-8,11,16,20H,3-6,9-10,12-13H2,1-2H3. The average Bonchev–Trinajstić information content (AvgIpc) is 2.50. The zero-order valence-electron chi connectivity index (χ0n) is 13.3. The molecular weight excluding hydrogens is 324 g/mol. The molecule has 1 heterocycles. The first-order valence-electron chi connectivity index (χ1n) is 8.41. The summed E-state index contributed by atoms with van der Waals surface area (Å²) in [6.07, 6.45) is 8.07. The quantitative estimate of drug-likeness (QED) is 0.834. The van der Waals surface area contributed by atoms with Gasteiger partial charge in [0.1, 0.15) is 0 Å². The molecule has 0 amide bonds. The molecule has 2 nitrogen and oxygen atoms in total. The Morgan fingerprint density at radius 2 is 2.05 bits per heavy atom. The number of nitrogens with zero attached hydrogens (tertiary/aromatic N) is 1. The minimum atomic E-state index is 0.360. The minimum Gasteiger partial charge on any atom is -0.365 e. The van der Waals surface area contributed by atoms with Crippen LogP contribution in [0.1, 0.15) is 51.0 Å². The van der Waals surface area contributed by atoms with Crippen molar-refractivity contribution in [3.63, 3.8) is 0 Å². The molecule has 3 heteroatoms. The number of hydrogen-bond donors (Lipinski definition) is 1. The number of anilines is 1. The summed E-state index contributed by atoms with van der Waals surface area (Å²) < 4.78 is 1.19. The molecule has 1 saturated heterocycles. The smallest absolute Gasteiger partial charge is 0.0413 e. The van der Waals surface area contributed by atoms with E-state index in [-0.39, 0.29) is 0 Å². The van der Waals surface area contributed by atoms with Gasteiger partial charge in [0.2, 0.25) is 0 Å². The Labute approximate surface area is 137 Å². The van der Waals surface area contributed by atoms with Gasteiger partial charge in [0.15, 0.2) is 0 Å². The number of rotatable bonds is 2. The lowest BCUT2D eigenvalue weighted by Gasteiger charge is -2.51. The summed E-state index contributed by atoms with van der Waals surface area (Å²) in [5.41, 5.74) is 3.17. The van der Waals surface area contributed by atoms with Crippen molar-refractivity contribution in [2.45, 2.75) is 64.0 Å². The molecular formula is C18H27BrN2. The maximum atomic E-state index is 3.92. The number of hydrogen-bond acceptors (Lipinski definition) is 2. The number of halogens is 1. The molecule has 1 unspecified atom stereocenters. The van der Waals surface area contributed by atoms with E-state index in [1.54, 1.807) is 0 Å². The van der Waals surface area contributed by atoms with Crippen LogP contribution in [0, 0.1) is 6.92 Å². The zero-order chi connectivity index (χ0) is 14.9. The van der Waals surface area contributed by atoms with Crippen LogP contribution in [0.5, 0.6) is 0 Å². The topological polar surface area (TPSA) is 15.3 Å². The first-order valence-corrected chi connectivity index (χ1v) is 9.21. The van der Waals surface area contributed by atoms with Gasteiger partial charge in [-0.15, -0.1) is 0 Å². The number of nitrogens with one attached hydrogen (secondary N) is 1. The molecule has 2 aliphatic rings. The molecule has 0 radical (unpaired) electrons. The van der Waals surface area contributed by atoms with Crippen molar-refractivity contribution in [3.8, 4) is 0 Å². The van der Waals surface area contributed by atoms with Gasteiger partial charge in [-0.25, -0.2) is 0 Å². The first-order chi connectivity index (χ1) is 10.1. The van der Waals surface area contributed by atoms with Gasteiger partial charge in [-0.05, 0) is 43.9 Å². The second-order valence-corrected chi connectivity index (χ2v) is 7.76. The van der Waals surface area contributed by atoms with Crippen molar-refractivity contribution < 1.29 is 0 Å². The van der Waals surface area contributed by atoms with Crippen molar-refractivity contribution in [1.29, 1.82) is 0 Å². The second-order valence-electron chi connectivity index (χ2n) is 6.84. The monoisotopic (exact) mass is 350 g/mol. The summed E-state index contributed by atoms with van der Waals surface area (Å²) >= 11 is 3.65. The van der Waals surface area contributed by atoms with Gasteiger partial charge >= 0.3 is 0 Å². The third-order valence-corrected chi connectivity index (χ3v) is 5.88. The summed E-state index contributed by atoms with van der Waals surface area (Å²) in [6, 6.07) is 7.31. The highest BCUT2D eigenvalue weighted by Crippen LogP contribution is 2.36. The van der Waals surface area contributed by atoms with Crippen LogP contribution in [-0.2, 0) is 0 Å². The van der Waals surface area contributed by atoms with Crippen molar-refractivity contribution >= 4 is 21.6 Å². The summed E-state index contributed by atoms with van der Waals surface area (Å²) in [6.45, 7) is 6.85. The van der Waals surface area contributed by atoms with Crippen molar-refractivity contribution in [1.82, 2.24) is 5.32 Å². The Bertz CT molecular complexity index is 494. The van der Waals surface area contributed by atoms with E-state index in [1.807, 2.05) is 0 Å². The molecule has 2 fully saturated rings. The molecule has 0 bridgehead atoms. The molecule has 1 spiro atoms. The maximum Gasteiger partial charge on any atom is 0.0413 e. The van der Waals surface area contributed by atoms with E-state index in [4.69, 9.17) is 0 Å². The van der Waals surface area contributed by atoms with Crippen LogP contribution in [0.25, 0.3) is 0 Å². The molecule has 1 N–H and O–H groups in total. The summed E-state index contributed by atoms with van der Waals surface area (Å²) in [4.78, 5) is 2.68. The van der Waals surface area contributed by atoms with Gasteiger partial charge in [0, 0.05) is 34.8 Å². The zero-order valence-corrected chi connectivity index (χ0v) is 14.9. The lowest BCUT2D eigenvalue weighted by Crippen LogP contribution is -2.65. The van der Waals surface area contributed by atoms with Crippen molar-refractivity contribution in [3.05, 3.63) is 28.2 Å². The number of piperazine rings is 1. The molecule has 1 aliphatic heterocycles. The summed E-state index contributed by atoms with van der Waals surface area (Å²) in [7, 11) is 0. The second kappa shape index (κ2) is 6.29. The normalized spacial score (nSPS) is 25.3. The largest absolute Gasteiger partial charge is 0.365 e. The molecule has 1 aliphatic carbocycles. The Balaban J connectivity index is 1.90. The van der Waals surface area contributed by atoms with E-state index < -0.39 is 0 Å². The van der Waals surface area contributed by atoms with Crippen LogP contribution in [0.3, 0.4) is 0 Å². The van der Waals surface area contributed by atoms with Gasteiger partial charge in [-0.3, -0.25) is 0 Å². The summed E-state index contributed by atoms with van der Waals surface area (Å²) in [5, 5.41) is 3.92. The molecule has 116 valence electrons. The van der Waals surface area contributed by atoms with Crippen LogP contribution in [-0.4, -0.2) is 24.7 Å². The Kier molecular flexibility index (Phi) is 4.60. The highest BCUT2D eigenvalue weighted by molar-refractivity contribution is 9.10. The molecule has 0 aromatic heterocycles. The van der Waals surface area contributed by atoms with E-state index in [1.165, 1.54) is 60.8 Å².